The Morgan fingerprint density at radius 2 is 2.00 bits per heavy atom. The second kappa shape index (κ2) is 7.54. The topological polar surface area (TPSA) is 21.3 Å². The minimum absolute atomic E-state index is 0.330. The summed E-state index contributed by atoms with van der Waals surface area (Å²) < 4.78 is 5.65. The van der Waals surface area contributed by atoms with Gasteiger partial charge in [-0.25, -0.2) is 0 Å². The molecule has 0 spiro atoms. The van der Waals surface area contributed by atoms with Gasteiger partial charge in [-0.1, -0.05) is 46.8 Å². The molecule has 0 aromatic heterocycles. The molecule has 2 nitrogen and oxygen atoms in total. The van der Waals surface area contributed by atoms with E-state index in [1.807, 2.05) is 6.07 Å². The van der Waals surface area contributed by atoms with E-state index in [1.54, 1.807) is 0 Å². The molecule has 0 aliphatic heterocycles. The Kier molecular flexibility index (Phi) is 6.36. The average molecular weight is 263 g/mol. The third kappa shape index (κ3) is 5.65. The normalized spacial score (nSPS) is 11.9. The lowest BCUT2D eigenvalue weighted by Gasteiger charge is -2.29. The van der Waals surface area contributed by atoms with Crippen LogP contribution in [0, 0.1) is 11.3 Å². The molecule has 0 aliphatic rings. The fraction of sp³-hybridized carbons (Fsp3) is 0.647. The second-order valence-electron chi connectivity index (χ2n) is 6.24. The summed E-state index contributed by atoms with van der Waals surface area (Å²) in [6.45, 7) is 14.0. The smallest absolute Gasteiger partial charge is 0.119 e. The molecule has 1 aromatic carbocycles. The number of benzene rings is 1. The predicted molar refractivity (Wildman–Crippen MR) is 82.6 cm³/mol. The van der Waals surface area contributed by atoms with E-state index >= 15 is 0 Å². The molecule has 0 aliphatic carbocycles. The molecule has 108 valence electrons. The summed E-state index contributed by atoms with van der Waals surface area (Å²) in [7, 11) is 0. The van der Waals surface area contributed by atoms with E-state index < -0.39 is 0 Å². The van der Waals surface area contributed by atoms with Crippen molar-refractivity contribution in [1.82, 2.24) is 5.32 Å². The van der Waals surface area contributed by atoms with Gasteiger partial charge in [0, 0.05) is 13.1 Å². The summed E-state index contributed by atoms with van der Waals surface area (Å²) in [6, 6.07) is 8.37. The monoisotopic (exact) mass is 263 g/mol. The van der Waals surface area contributed by atoms with Gasteiger partial charge in [-0.2, -0.15) is 0 Å². The van der Waals surface area contributed by atoms with Crippen LogP contribution in [0.5, 0.6) is 5.75 Å². The SMILES string of the molecule is CCCOc1cccc(CNCC(C)(C)C(C)C)c1. The van der Waals surface area contributed by atoms with Crippen LogP contribution in [0.3, 0.4) is 0 Å². The fourth-order valence-electron chi connectivity index (χ4n) is 1.70. The first-order chi connectivity index (χ1) is 8.95. The highest BCUT2D eigenvalue weighted by Gasteiger charge is 2.21. The van der Waals surface area contributed by atoms with E-state index in [0.29, 0.717) is 11.3 Å². The minimum atomic E-state index is 0.330. The van der Waals surface area contributed by atoms with E-state index in [0.717, 1.165) is 31.9 Å². The highest BCUT2D eigenvalue weighted by molar-refractivity contribution is 5.28. The van der Waals surface area contributed by atoms with Crippen molar-refractivity contribution in [3.8, 4) is 5.75 Å². The van der Waals surface area contributed by atoms with Crippen molar-refractivity contribution in [3.05, 3.63) is 29.8 Å². The molecule has 0 bridgehead atoms. The van der Waals surface area contributed by atoms with Crippen LogP contribution in [-0.2, 0) is 6.54 Å². The van der Waals surface area contributed by atoms with Gasteiger partial charge in [-0.3, -0.25) is 0 Å². The molecule has 0 fully saturated rings. The third-order valence-electron chi connectivity index (χ3n) is 3.84. The van der Waals surface area contributed by atoms with Gasteiger partial charge in [0.25, 0.3) is 0 Å². The lowest BCUT2D eigenvalue weighted by atomic mass is 9.81. The highest BCUT2D eigenvalue weighted by Crippen LogP contribution is 2.24. The zero-order valence-corrected chi connectivity index (χ0v) is 13.1. The molecule has 0 saturated carbocycles. The lowest BCUT2D eigenvalue weighted by Crippen LogP contribution is -2.33. The summed E-state index contributed by atoms with van der Waals surface area (Å²) in [5.74, 6) is 1.66. The summed E-state index contributed by atoms with van der Waals surface area (Å²) in [5, 5.41) is 3.55. The van der Waals surface area contributed by atoms with Gasteiger partial charge in [0.2, 0.25) is 0 Å². The van der Waals surface area contributed by atoms with Gasteiger partial charge in [-0.15, -0.1) is 0 Å². The van der Waals surface area contributed by atoms with Crippen LogP contribution in [-0.4, -0.2) is 13.2 Å². The molecule has 0 amide bonds. The largest absolute Gasteiger partial charge is 0.494 e. The zero-order valence-electron chi connectivity index (χ0n) is 13.1. The minimum Gasteiger partial charge on any atom is -0.494 e. The maximum Gasteiger partial charge on any atom is 0.119 e. The van der Waals surface area contributed by atoms with Crippen LogP contribution >= 0.6 is 0 Å². The quantitative estimate of drug-likeness (QED) is 0.757. The molecular weight excluding hydrogens is 234 g/mol. The van der Waals surface area contributed by atoms with E-state index in [-0.39, 0.29) is 0 Å². The first-order valence-electron chi connectivity index (χ1n) is 7.38. The molecule has 1 aromatic rings. The molecule has 0 saturated heterocycles. The number of nitrogens with one attached hydrogen (secondary N) is 1. The third-order valence-corrected chi connectivity index (χ3v) is 3.84. The van der Waals surface area contributed by atoms with Crippen molar-refractivity contribution >= 4 is 0 Å². The van der Waals surface area contributed by atoms with Gasteiger partial charge in [0.1, 0.15) is 5.75 Å². The van der Waals surface area contributed by atoms with Crippen molar-refractivity contribution < 1.29 is 4.74 Å². The van der Waals surface area contributed by atoms with Gasteiger partial charge in [0.15, 0.2) is 0 Å². The van der Waals surface area contributed by atoms with Crippen molar-refractivity contribution in [3.63, 3.8) is 0 Å². The van der Waals surface area contributed by atoms with E-state index in [1.165, 1.54) is 5.56 Å². The van der Waals surface area contributed by atoms with Crippen LogP contribution < -0.4 is 10.1 Å². The van der Waals surface area contributed by atoms with Crippen molar-refractivity contribution in [2.45, 2.75) is 47.6 Å². The number of hydrogen-bond donors (Lipinski definition) is 1. The molecule has 0 heterocycles. The summed E-state index contributed by atoms with van der Waals surface area (Å²) in [6.07, 6.45) is 1.05. The Morgan fingerprint density at radius 3 is 2.63 bits per heavy atom. The molecule has 0 radical (unpaired) electrons. The van der Waals surface area contributed by atoms with Gasteiger partial charge >= 0.3 is 0 Å². The zero-order chi connectivity index (χ0) is 14.3. The Hall–Kier alpha value is -1.02. The predicted octanol–water partition coefficient (Wildman–Crippen LogP) is 4.25. The van der Waals surface area contributed by atoms with Crippen LogP contribution in [0.1, 0.15) is 46.6 Å². The van der Waals surface area contributed by atoms with Crippen LogP contribution in [0.25, 0.3) is 0 Å². The van der Waals surface area contributed by atoms with Crippen LogP contribution in [0.2, 0.25) is 0 Å². The van der Waals surface area contributed by atoms with E-state index in [2.05, 4.69) is 58.1 Å². The van der Waals surface area contributed by atoms with Gasteiger partial charge in [-0.05, 0) is 35.4 Å². The maximum atomic E-state index is 5.65. The van der Waals surface area contributed by atoms with Crippen molar-refractivity contribution in [2.75, 3.05) is 13.2 Å². The number of ether oxygens (including phenoxy) is 1. The molecule has 0 unspecified atom stereocenters. The van der Waals surface area contributed by atoms with E-state index in [4.69, 9.17) is 4.74 Å². The summed E-state index contributed by atoms with van der Waals surface area (Å²) in [5.41, 5.74) is 1.62. The highest BCUT2D eigenvalue weighted by atomic mass is 16.5. The maximum absolute atomic E-state index is 5.65. The summed E-state index contributed by atoms with van der Waals surface area (Å²) >= 11 is 0. The lowest BCUT2D eigenvalue weighted by molar-refractivity contribution is 0.238. The van der Waals surface area contributed by atoms with Gasteiger partial charge in [0.05, 0.1) is 6.61 Å². The molecule has 1 rings (SSSR count). The van der Waals surface area contributed by atoms with Crippen LogP contribution in [0.4, 0.5) is 0 Å². The van der Waals surface area contributed by atoms with Gasteiger partial charge < -0.3 is 10.1 Å². The van der Waals surface area contributed by atoms with E-state index in [9.17, 15) is 0 Å². The fourth-order valence-corrected chi connectivity index (χ4v) is 1.70. The second-order valence-corrected chi connectivity index (χ2v) is 6.24. The summed E-state index contributed by atoms with van der Waals surface area (Å²) in [4.78, 5) is 0. The molecule has 19 heavy (non-hydrogen) atoms. The first-order valence-corrected chi connectivity index (χ1v) is 7.38. The standard InChI is InChI=1S/C17H29NO/c1-6-10-19-16-9-7-8-15(11-16)12-18-13-17(4,5)14(2)3/h7-9,11,14,18H,6,10,12-13H2,1-5H3. The molecule has 2 heteroatoms. The Balaban J connectivity index is 2.45. The molecular formula is C17H29NO. The van der Waals surface area contributed by atoms with Crippen molar-refractivity contribution in [2.24, 2.45) is 11.3 Å². The molecule has 0 atom stereocenters. The Labute approximate surface area is 118 Å². The average Bonchev–Trinajstić information content (AvgIpc) is 2.36. The van der Waals surface area contributed by atoms with Crippen LogP contribution in [0.15, 0.2) is 24.3 Å². The Morgan fingerprint density at radius 1 is 1.26 bits per heavy atom. The molecule has 1 N–H and O–H groups in total. The van der Waals surface area contributed by atoms with Crippen molar-refractivity contribution in [1.29, 1.82) is 0 Å². The number of hydrogen-bond acceptors (Lipinski definition) is 2. The Bertz CT molecular complexity index is 371. The first kappa shape index (κ1) is 16.0. The number of rotatable bonds is 8.